The van der Waals surface area contributed by atoms with Crippen molar-refractivity contribution in [2.75, 3.05) is 0 Å². The van der Waals surface area contributed by atoms with Crippen LogP contribution in [0, 0.1) is 0 Å². The first kappa shape index (κ1) is 8.05. The van der Waals surface area contributed by atoms with Crippen molar-refractivity contribution in [2.24, 2.45) is 15.7 Å². The summed E-state index contributed by atoms with van der Waals surface area (Å²) in [7, 11) is 0. The minimum atomic E-state index is -0.529. The monoisotopic (exact) mass is 198 g/mol. The smallest absolute Gasteiger partial charge is 0.267 e. The van der Waals surface area contributed by atoms with Crippen molar-refractivity contribution in [3.8, 4) is 0 Å². The lowest BCUT2D eigenvalue weighted by Gasteiger charge is -1.93. The number of fused-ring (bicyclic) bond motifs is 3. The van der Waals surface area contributed by atoms with E-state index in [-0.39, 0.29) is 5.70 Å². The standard InChI is InChI=1S/C10H6N4O/c11-9(15)7-3-6-5-1-2-12-10(5)13-4-8(6)14-7/h1-4H,(H2,11,15). The molecule has 0 spiro atoms. The third-order valence-corrected chi connectivity index (χ3v) is 2.33. The molecule has 0 unspecified atom stereocenters. The topological polar surface area (TPSA) is 80.7 Å². The summed E-state index contributed by atoms with van der Waals surface area (Å²) >= 11 is 0. The minimum Gasteiger partial charge on any atom is -0.364 e. The van der Waals surface area contributed by atoms with Gasteiger partial charge < -0.3 is 5.73 Å². The third-order valence-electron chi connectivity index (χ3n) is 2.33. The maximum Gasteiger partial charge on any atom is 0.267 e. The fourth-order valence-corrected chi connectivity index (χ4v) is 1.64. The van der Waals surface area contributed by atoms with Crippen LogP contribution in [0.15, 0.2) is 28.1 Å². The van der Waals surface area contributed by atoms with Crippen LogP contribution in [0.4, 0.5) is 0 Å². The molecule has 5 nitrogen and oxygen atoms in total. The van der Waals surface area contributed by atoms with Gasteiger partial charge in [-0.25, -0.2) is 15.0 Å². The van der Waals surface area contributed by atoms with Gasteiger partial charge in [0.15, 0.2) is 5.49 Å². The number of primary amides is 1. The molecular formula is C10H6N4O. The number of rotatable bonds is 1. The normalized spacial score (nSPS) is 15.1. The number of carbonyl (C=O) groups is 1. The zero-order valence-electron chi connectivity index (χ0n) is 7.64. The molecule has 0 aromatic carbocycles. The minimum absolute atomic E-state index is 0.264. The van der Waals surface area contributed by atoms with Crippen LogP contribution >= 0.6 is 0 Å². The van der Waals surface area contributed by atoms with Crippen molar-refractivity contribution in [3.63, 3.8) is 0 Å². The first-order valence-electron chi connectivity index (χ1n) is 4.39. The van der Waals surface area contributed by atoms with Gasteiger partial charge in [0, 0.05) is 17.3 Å². The highest BCUT2D eigenvalue weighted by Crippen LogP contribution is 2.14. The van der Waals surface area contributed by atoms with Crippen LogP contribution < -0.4 is 16.6 Å². The summed E-state index contributed by atoms with van der Waals surface area (Å²) < 4.78 is 0. The maximum atomic E-state index is 11.0. The number of hydrogen-bond acceptors (Lipinski definition) is 4. The van der Waals surface area contributed by atoms with Gasteiger partial charge >= 0.3 is 0 Å². The van der Waals surface area contributed by atoms with E-state index in [2.05, 4.69) is 15.0 Å². The number of amides is 1. The van der Waals surface area contributed by atoms with E-state index in [0.717, 1.165) is 11.1 Å². The highest BCUT2D eigenvalue weighted by atomic mass is 16.1. The molecule has 0 fully saturated rings. The van der Waals surface area contributed by atoms with E-state index in [1.807, 2.05) is 6.08 Å². The summed E-state index contributed by atoms with van der Waals surface area (Å²) in [6, 6.07) is 0. The van der Waals surface area contributed by atoms with E-state index in [9.17, 15) is 4.79 Å². The Kier molecular flexibility index (Phi) is 1.39. The molecule has 1 amide bonds. The molecule has 0 aliphatic carbocycles. The second-order valence-electron chi connectivity index (χ2n) is 3.24. The van der Waals surface area contributed by atoms with Crippen LogP contribution in [0.1, 0.15) is 11.1 Å². The molecule has 0 bridgehead atoms. The van der Waals surface area contributed by atoms with E-state index in [1.165, 1.54) is 0 Å². The molecule has 2 N–H and O–H groups in total. The largest absolute Gasteiger partial charge is 0.364 e. The highest BCUT2D eigenvalue weighted by molar-refractivity contribution is 5.97. The Bertz CT molecular complexity index is 655. The fourth-order valence-electron chi connectivity index (χ4n) is 1.64. The summed E-state index contributed by atoms with van der Waals surface area (Å²) in [5, 5.41) is 0.671. The number of nitrogens with two attached hydrogens (primary N) is 1. The quantitative estimate of drug-likeness (QED) is 0.637. The summed E-state index contributed by atoms with van der Waals surface area (Å²) in [5.74, 6) is -0.529. The lowest BCUT2D eigenvalue weighted by molar-refractivity contribution is -0.114. The van der Waals surface area contributed by atoms with Gasteiger partial charge in [0.1, 0.15) is 5.70 Å². The fraction of sp³-hybridized carbons (Fsp3) is 0. The lowest BCUT2D eigenvalue weighted by Crippen LogP contribution is -2.18. The molecule has 0 saturated carbocycles. The zero-order chi connectivity index (χ0) is 10.4. The van der Waals surface area contributed by atoms with Crippen molar-refractivity contribution >= 4 is 18.1 Å². The second-order valence-corrected chi connectivity index (χ2v) is 3.24. The summed E-state index contributed by atoms with van der Waals surface area (Å²) in [6.45, 7) is 0. The molecule has 15 heavy (non-hydrogen) atoms. The molecule has 2 aliphatic rings. The Balaban J connectivity index is 2.34. The van der Waals surface area contributed by atoms with E-state index in [1.54, 1.807) is 18.5 Å². The number of pyridine rings is 1. The number of aromatic nitrogens is 1. The summed E-state index contributed by atoms with van der Waals surface area (Å²) in [4.78, 5) is 23.2. The van der Waals surface area contributed by atoms with E-state index in [4.69, 9.17) is 5.73 Å². The molecule has 0 radical (unpaired) electrons. The van der Waals surface area contributed by atoms with Crippen LogP contribution in [0.25, 0.3) is 12.2 Å². The zero-order valence-corrected chi connectivity index (χ0v) is 7.64. The Morgan fingerprint density at radius 2 is 2.20 bits per heavy atom. The molecular weight excluding hydrogens is 192 g/mol. The number of carbonyl (C=O) groups excluding carboxylic acids is 1. The van der Waals surface area contributed by atoms with Gasteiger partial charge in [0.2, 0.25) is 0 Å². The van der Waals surface area contributed by atoms with Crippen molar-refractivity contribution < 1.29 is 4.79 Å². The van der Waals surface area contributed by atoms with Gasteiger partial charge in [-0.2, -0.15) is 0 Å². The molecule has 1 aromatic rings. The van der Waals surface area contributed by atoms with Crippen LogP contribution in [0.3, 0.4) is 0 Å². The third kappa shape index (κ3) is 1.03. The van der Waals surface area contributed by atoms with Crippen LogP contribution in [-0.2, 0) is 4.79 Å². The van der Waals surface area contributed by atoms with Gasteiger partial charge in [0.05, 0.1) is 11.6 Å². The van der Waals surface area contributed by atoms with Crippen molar-refractivity contribution in [2.45, 2.75) is 0 Å². The highest BCUT2D eigenvalue weighted by Gasteiger charge is 2.16. The van der Waals surface area contributed by atoms with Crippen molar-refractivity contribution in [1.82, 2.24) is 4.98 Å². The molecule has 3 heterocycles. The Morgan fingerprint density at radius 3 is 3.00 bits per heavy atom. The maximum absolute atomic E-state index is 11.0. The molecule has 5 heteroatoms. The predicted octanol–water partition coefficient (Wildman–Crippen LogP) is -0.855. The molecule has 1 aromatic heterocycles. The Morgan fingerprint density at radius 1 is 1.33 bits per heavy atom. The first-order valence-corrected chi connectivity index (χ1v) is 4.39. The van der Waals surface area contributed by atoms with Crippen LogP contribution in [0.2, 0.25) is 0 Å². The molecule has 2 aliphatic heterocycles. The van der Waals surface area contributed by atoms with E-state index >= 15 is 0 Å². The average molecular weight is 198 g/mol. The molecule has 72 valence electrons. The van der Waals surface area contributed by atoms with Gasteiger partial charge in [-0.15, -0.1) is 0 Å². The van der Waals surface area contributed by atoms with Gasteiger partial charge in [0.25, 0.3) is 5.91 Å². The van der Waals surface area contributed by atoms with E-state index in [0.29, 0.717) is 10.8 Å². The van der Waals surface area contributed by atoms with Gasteiger partial charge in [-0.1, -0.05) is 0 Å². The second kappa shape index (κ2) is 2.60. The Labute approximate surface area is 84.4 Å². The van der Waals surface area contributed by atoms with Crippen LogP contribution in [-0.4, -0.2) is 10.9 Å². The Hall–Kier alpha value is -2.30. The van der Waals surface area contributed by atoms with Crippen molar-refractivity contribution in [3.05, 3.63) is 40.1 Å². The lowest BCUT2D eigenvalue weighted by atomic mass is 10.1. The average Bonchev–Trinajstić information content (AvgIpc) is 2.82. The molecule has 0 saturated heterocycles. The summed E-state index contributed by atoms with van der Waals surface area (Å²) in [5.41, 5.74) is 7.84. The number of nitrogens with zero attached hydrogens (tertiary/aromatic N) is 3. The molecule has 0 atom stereocenters. The summed E-state index contributed by atoms with van der Waals surface area (Å²) in [6.07, 6.45) is 6.78. The van der Waals surface area contributed by atoms with E-state index < -0.39 is 5.91 Å². The van der Waals surface area contributed by atoms with Crippen molar-refractivity contribution in [1.29, 1.82) is 0 Å². The van der Waals surface area contributed by atoms with Gasteiger partial charge in [-0.05, 0) is 12.2 Å². The first-order chi connectivity index (χ1) is 7.25. The molecule has 3 rings (SSSR count). The number of hydrogen-bond donors (Lipinski definition) is 1. The van der Waals surface area contributed by atoms with Gasteiger partial charge in [-0.3, -0.25) is 4.79 Å². The van der Waals surface area contributed by atoms with Crippen LogP contribution in [0.5, 0.6) is 0 Å². The predicted molar refractivity (Wildman–Crippen MR) is 52.8 cm³/mol. The SMILES string of the molecule is NC(=O)C1=Cc2c3c(ncc2=N1)=NC=C3.